The molecule has 6 rings (SSSR count). The van der Waals surface area contributed by atoms with Gasteiger partial charge in [-0.2, -0.15) is 10.4 Å². The van der Waals surface area contributed by atoms with E-state index in [4.69, 9.17) is 9.84 Å². The van der Waals surface area contributed by atoms with Crippen LogP contribution in [0.15, 0.2) is 42.7 Å². The summed E-state index contributed by atoms with van der Waals surface area (Å²) in [5.41, 5.74) is 4.59. The molecule has 1 aliphatic carbocycles. The highest BCUT2D eigenvalue weighted by atomic mass is 16.5. The number of aryl methyl sites for hydroxylation is 1. The SMILES string of the molecule is COc1cc(C)c2[nH]ccc2c1C(C1CC1C(=O)N1CCN(C)CC1)n1cc2ccc(C#N)cc2n1. The largest absolute Gasteiger partial charge is 0.496 e. The minimum Gasteiger partial charge on any atom is -0.496 e. The first kappa shape index (κ1) is 22.6. The van der Waals surface area contributed by atoms with Crippen LogP contribution in [0.5, 0.6) is 5.75 Å². The van der Waals surface area contributed by atoms with Crippen molar-refractivity contribution in [2.45, 2.75) is 19.4 Å². The zero-order valence-corrected chi connectivity index (χ0v) is 20.9. The summed E-state index contributed by atoms with van der Waals surface area (Å²) in [7, 11) is 3.80. The molecule has 1 aliphatic heterocycles. The van der Waals surface area contributed by atoms with E-state index in [9.17, 15) is 10.1 Å². The number of nitriles is 1. The van der Waals surface area contributed by atoms with Gasteiger partial charge in [-0.25, -0.2) is 0 Å². The summed E-state index contributed by atoms with van der Waals surface area (Å²) in [6.07, 6.45) is 4.81. The first-order chi connectivity index (χ1) is 17.5. The quantitative estimate of drug-likeness (QED) is 0.468. The Balaban J connectivity index is 1.45. The molecule has 0 spiro atoms. The molecule has 1 saturated carbocycles. The maximum Gasteiger partial charge on any atom is 0.226 e. The number of nitrogens with zero attached hydrogens (tertiary/aromatic N) is 5. The maximum atomic E-state index is 13.5. The second-order valence-corrected chi connectivity index (χ2v) is 10.1. The van der Waals surface area contributed by atoms with Crippen molar-refractivity contribution in [1.82, 2.24) is 24.6 Å². The number of hydrogen-bond acceptors (Lipinski definition) is 5. The van der Waals surface area contributed by atoms with Gasteiger partial charge in [-0.05, 0) is 62.2 Å². The number of nitrogens with one attached hydrogen (secondary N) is 1. The van der Waals surface area contributed by atoms with Gasteiger partial charge in [0.2, 0.25) is 5.91 Å². The highest BCUT2D eigenvalue weighted by Crippen LogP contribution is 2.53. The van der Waals surface area contributed by atoms with Crippen molar-refractivity contribution in [3.63, 3.8) is 0 Å². The van der Waals surface area contributed by atoms with Crippen molar-refractivity contribution in [2.24, 2.45) is 11.8 Å². The molecule has 0 radical (unpaired) electrons. The Labute approximate surface area is 210 Å². The van der Waals surface area contributed by atoms with Gasteiger partial charge in [0.25, 0.3) is 0 Å². The first-order valence-electron chi connectivity index (χ1n) is 12.5. The van der Waals surface area contributed by atoms with E-state index in [1.807, 2.05) is 40.2 Å². The van der Waals surface area contributed by atoms with Crippen molar-refractivity contribution in [3.8, 4) is 11.8 Å². The fourth-order valence-electron chi connectivity index (χ4n) is 5.77. The van der Waals surface area contributed by atoms with Crippen LogP contribution < -0.4 is 4.74 Å². The minimum atomic E-state index is -0.168. The molecule has 1 N–H and O–H groups in total. The predicted molar refractivity (Wildman–Crippen MR) is 138 cm³/mol. The highest BCUT2D eigenvalue weighted by Gasteiger charge is 2.51. The lowest BCUT2D eigenvalue weighted by atomic mass is 9.94. The maximum absolute atomic E-state index is 13.5. The average molecular weight is 483 g/mol. The summed E-state index contributed by atoms with van der Waals surface area (Å²) in [4.78, 5) is 21.2. The number of likely N-dealkylation sites (N-methyl/N-ethyl adjacent to an activating group) is 1. The summed E-state index contributed by atoms with van der Waals surface area (Å²) < 4.78 is 7.91. The monoisotopic (exact) mass is 482 g/mol. The molecule has 8 nitrogen and oxygen atoms in total. The number of piperazine rings is 1. The molecule has 2 aromatic carbocycles. The van der Waals surface area contributed by atoms with Gasteiger partial charge >= 0.3 is 0 Å². The lowest BCUT2D eigenvalue weighted by molar-refractivity contribution is -0.134. The molecule has 2 aromatic heterocycles. The van der Waals surface area contributed by atoms with Crippen molar-refractivity contribution in [3.05, 3.63) is 59.4 Å². The van der Waals surface area contributed by atoms with E-state index < -0.39 is 0 Å². The third-order valence-corrected chi connectivity index (χ3v) is 7.88. The summed E-state index contributed by atoms with van der Waals surface area (Å²) in [5.74, 6) is 1.12. The summed E-state index contributed by atoms with van der Waals surface area (Å²) in [5, 5.41) is 16.4. The number of carbonyl (C=O) groups excluding carboxylic acids is 1. The zero-order valence-electron chi connectivity index (χ0n) is 20.9. The normalized spacial score (nSPS) is 21.0. The first-order valence-corrected chi connectivity index (χ1v) is 12.5. The van der Waals surface area contributed by atoms with E-state index in [1.54, 1.807) is 7.11 Å². The minimum absolute atomic E-state index is 0.0413. The van der Waals surface area contributed by atoms with E-state index in [0.29, 0.717) is 5.56 Å². The number of aromatic nitrogens is 3. The number of carbonyl (C=O) groups is 1. The number of H-pyrrole nitrogens is 1. The van der Waals surface area contributed by atoms with Gasteiger partial charge in [0.05, 0.1) is 30.3 Å². The van der Waals surface area contributed by atoms with Crippen LogP contribution in [0.1, 0.15) is 29.2 Å². The van der Waals surface area contributed by atoms with Gasteiger partial charge in [-0.15, -0.1) is 0 Å². The topological polar surface area (TPSA) is 90.2 Å². The Morgan fingerprint density at radius 3 is 2.78 bits per heavy atom. The highest BCUT2D eigenvalue weighted by molar-refractivity contribution is 5.89. The summed E-state index contributed by atoms with van der Waals surface area (Å²) in [6, 6.07) is 11.8. The Morgan fingerprint density at radius 1 is 1.22 bits per heavy atom. The van der Waals surface area contributed by atoms with E-state index in [-0.39, 0.29) is 23.8 Å². The predicted octanol–water partition coefficient (Wildman–Crippen LogP) is 3.71. The van der Waals surface area contributed by atoms with Crippen LogP contribution in [0, 0.1) is 30.1 Å². The number of amides is 1. The van der Waals surface area contributed by atoms with Gasteiger partial charge in [0, 0.05) is 66.3 Å². The standard InChI is InChI=1S/C28H30N6O2/c1-17-12-24(36-3)25(20-6-7-30-26(17)20)27(34-16-19-5-4-18(15-29)13-23(19)31-34)21-14-22(21)28(35)33-10-8-32(2)9-11-33/h4-7,12-13,16,21-22,27,30H,8-11,14H2,1-3H3. The van der Waals surface area contributed by atoms with Crippen molar-refractivity contribution in [2.75, 3.05) is 40.3 Å². The van der Waals surface area contributed by atoms with Crippen LogP contribution in [-0.2, 0) is 4.79 Å². The Kier molecular flexibility index (Phi) is 5.45. The number of ether oxygens (including phenoxy) is 1. The average Bonchev–Trinajstić information content (AvgIpc) is 3.30. The molecular weight excluding hydrogens is 452 g/mol. The number of rotatable bonds is 5. The van der Waals surface area contributed by atoms with Crippen molar-refractivity contribution in [1.29, 1.82) is 5.26 Å². The lowest BCUT2D eigenvalue weighted by Crippen LogP contribution is -2.47. The molecule has 3 atom stereocenters. The Morgan fingerprint density at radius 2 is 2.03 bits per heavy atom. The van der Waals surface area contributed by atoms with Crippen molar-refractivity contribution < 1.29 is 9.53 Å². The van der Waals surface area contributed by atoms with Crippen LogP contribution >= 0.6 is 0 Å². The van der Waals surface area contributed by atoms with Gasteiger partial charge in [0.1, 0.15) is 5.75 Å². The van der Waals surface area contributed by atoms with Gasteiger partial charge < -0.3 is 19.5 Å². The molecule has 3 heterocycles. The number of hydrogen-bond donors (Lipinski definition) is 1. The zero-order chi connectivity index (χ0) is 25.0. The van der Waals surface area contributed by atoms with E-state index in [2.05, 4.69) is 42.1 Å². The van der Waals surface area contributed by atoms with Gasteiger partial charge in [0.15, 0.2) is 0 Å². The Hall–Kier alpha value is -3.83. The number of fused-ring (bicyclic) bond motifs is 2. The van der Waals surface area contributed by atoms with E-state index in [0.717, 1.165) is 71.3 Å². The lowest BCUT2D eigenvalue weighted by Gasteiger charge is -2.33. The smallest absolute Gasteiger partial charge is 0.226 e. The van der Waals surface area contributed by atoms with Gasteiger partial charge in [-0.3, -0.25) is 9.48 Å². The number of methoxy groups -OCH3 is 1. The fourth-order valence-corrected chi connectivity index (χ4v) is 5.77. The van der Waals surface area contributed by atoms with E-state index in [1.165, 1.54) is 0 Å². The van der Waals surface area contributed by atoms with Crippen LogP contribution in [0.25, 0.3) is 21.8 Å². The molecule has 3 unspecified atom stereocenters. The molecule has 1 saturated heterocycles. The van der Waals surface area contributed by atoms with Gasteiger partial charge in [-0.1, -0.05) is 0 Å². The molecule has 2 fully saturated rings. The second-order valence-electron chi connectivity index (χ2n) is 10.1. The summed E-state index contributed by atoms with van der Waals surface area (Å²) >= 11 is 0. The van der Waals surface area contributed by atoms with Crippen molar-refractivity contribution >= 4 is 27.7 Å². The van der Waals surface area contributed by atoms with Crippen LogP contribution in [0.3, 0.4) is 0 Å². The molecule has 0 bridgehead atoms. The van der Waals surface area contributed by atoms with Crippen LogP contribution in [-0.4, -0.2) is 70.8 Å². The molecule has 1 amide bonds. The fraction of sp³-hybridized carbons (Fsp3) is 0.393. The summed E-state index contributed by atoms with van der Waals surface area (Å²) in [6.45, 7) is 5.45. The third-order valence-electron chi connectivity index (χ3n) is 7.88. The number of benzene rings is 2. The van der Waals surface area contributed by atoms with Crippen LogP contribution in [0.2, 0.25) is 0 Å². The number of aromatic amines is 1. The third kappa shape index (κ3) is 3.71. The Bertz CT molecular complexity index is 1500. The molecule has 184 valence electrons. The molecule has 4 aromatic rings. The van der Waals surface area contributed by atoms with Crippen LogP contribution in [0.4, 0.5) is 0 Å². The molecular formula is C28H30N6O2. The molecule has 8 heteroatoms. The molecule has 2 aliphatic rings. The molecule has 36 heavy (non-hydrogen) atoms. The second kappa shape index (κ2) is 8.68. The van der Waals surface area contributed by atoms with E-state index >= 15 is 0 Å².